The van der Waals surface area contributed by atoms with Crippen molar-refractivity contribution in [2.24, 2.45) is 5.92 Å². The van der Waals surface area contributed by atoms with Crippen LogP contribution in [0.2, 0.25) is 5.15 Å². The highest BCUT2D eigenvalue weighted by Crippen LogP contribution is 2.28. The van der Waals surface area contributed by atoms with Crippen molar-refractivity contribution in [3.05, 3.63) is 41.0 Å². The lowest BCUT2D eigenvalue weighted by Gasteiger charge is -2.25. The molecule has 20 heavy (non-hydrogen) atoms. The van der Waals surface area contributed by atoms with Crippen LogP contribution in [0.25, 0.3) is 10.9 Å². The van der Waals surface area contributed by atoms with Gasteiger partial charge in [0.05, 0.1) is 11.1 Å². The third-order valence-corrected chi connectivity index (χ3v) is 4.19. The van der Waals surface area contributed by atoms with Gasteiger partial charge in [-0.3, -0.25) is 4.79 Å². The zero-order valence-electron chi connectivity index (χ0n) is 11.2. The van der Waals surface area contributed by atoms with Crippen LogP contribution in [0.5, 0.6) is 0 Å². The van der Waals surface area contributed by atoms with Crippen molar-refractivity contribution in [3.8, 4) is 0 Å². The van der Waals surface area contributed by atoms with Crippen molar-refractivity contribution >= 4 is 28.4 Å². The number of carbonyl (C=O) groups is 1. The maximum Gasteiger partial charge on any atom is 0.252 e. The molecule has 3 nitrogen and oxygen atoms in total. The minimum atomic E-state index is -0.0650. The zero-order valence-corrected chi connectivity index (χ0v) is 12.0. The van der Waals surface area contributed by atoms with Crippen molar-refractivity contribution < 1.29 is 4.79 Å². The first kappa shape index (κ1) is 13.4. The van der Waals surface area contributed by atoms with Crippen LogP contribution in [0, 0.1) is 5.92 Å². The Balaban J connectivity index is 1.76. The lowest BCUT2D eigenvalue weighted by molar-refractivity contribution is 0.0950. The van der Waals surface area contributed by atoms with E-state index in [9.17, 15) is 4.79 Å². The van der Waals surface area contributed by atoms with E-state index in [4.69, 9.17) is 11.6 Å². The van der Waals surface area contributed by atoms with Gasteiger partial charge in [0.1, 0.15) is 5.15 Å². The molecule has 1 saturated carbocycles. The largest absolute Gasteiger partial charge is 0.352 e. The molecule has 1 aliphatic rings. The third-order valence-electron chi connectivity index (χ3n) is 3.99. The van der Waals surface area contributed by atoms with Crippen LogP contribution in [-0.4, -0.2) is 17.4 Å². The van der Waals surface area contributed by atoms with Gasteiger partial charge in [-0.1, -0.05) is 49.1 Å². The molecule has 0 spiro atoms. The fraction of sp³-hybridized carbons (Fsp3) is 0.375. The molecule has 1 heterocycles. The molecule has 0 atom stereocenters. The van der Waals surface area contributed by atoms with E-state index in [0.717, 1.165) is 29.8 Å². The van der Waals surface area contributed by atoms with Crippen molar-refractivity contribution in [1.82, 2.24) is 10.3 Å². The maximum atomic E-state index is 12.3. The van der Waals surface area contributed by atoms with E-state index in [0.29, 0.717) is 10.7 Å². The Labute approximate surface area is 123 Å². The van der Waals surface area contributed by atoms with Gasteiger partial charge in [0.2, 0.25) is 0 Å². The number of pyridine rings is 1. The molecule has 1 fully saturated rings. The molecule has 0 saturated heterocycles. The van der Waals surface area contributed by atoms with E-state index in [2.05, 4.69) is 10.3 Å². The predicted octanol–water partition coefficient (Wildman–Crippen LogP) is 3.81. The SMILES string of the molecule is O=C(NCCC1CCC1)c1cc(Cl)nc2ccccc12. The number of fused-ring (bicyclic) bond motifs is 1. The molecule has 0 unspecified atom stereocenters. The highest BCUT2D eigenvalue weighted by molar-refractivity contribution is 6.30. The van der Waals surface area contributed by atoms with Crippen LogP contribution in [0.1, 0.15) is 36.0 Å². The number of nitrogens with zero attached hydrogens (tertiary/aromatic N) is 1. The Morgan fingerprint density at radius 2 is 2.15 bits per heavy atom. The van der Waals surface area contributed by atoms with Gasteiger partial charge < -0.3 is 5.32 Å². The standard InChI is InChI=1S/C16H17ClN2O/c17-15-10-13(12-6-1-2-7-14(12)19-15)16(20)18-9-8-11-4-3-5-11/h1-2,6-7,10-11H,3-5,8-9H2,(H,18,20). The van der Waals surface area contributed by atoms with Crippen molar-refractivity contribution in [2.45, 2.75) is 25.7 Å². The molecule has 0 bridgehead atoms. The van der Waals surface area contributed by atoms with Gasteiger partial charge in [0, 0.05) is 11.9 Å². The summed E-state index contributed by atoms with van der Waals surface area (Å²) >= 11 is 5.99. The monoisotopic (exact) mass is 288 g/mol. The molecule has 0 radical (unpaired) electrons. The van der Waals surface area contributed by atoms with Gasteiger partial charge in [0.15, 0.2) is 0 Å². The van der Waals surface area contributed by atoms with Crippen LogP contribution >= 0.6 is 11.6 Å². The van der Waals surface area contributed by atoms with E-state index in [1.807, 2.05) is 24.3 Å². The average Bonchev–Trinajstić information content (AvgIpc) is 2.40. The van der Waals surface area contributed by atoms with E-state index in [1.165, 1.54) is 19.3 Å². The molecule has 1 aromatic heterocycles. The van der Waals surface area contributed by atoms with Gasteiger partial charge >= 0.3 is 0 Å². The van der Waals surface area contributed by atoms with E-state index in [1.54, 1.807) is 6.07 Å². The topological polar surface area (TPSA) is 42.0 Å². The summed E-state index contributed by atoms with van der Waals surface area (Å²) in [5.41, 5.74) is 1.36. The second-order valence-electron chi connectivity index (χ2n) is 5.35. The Bertz CT molecular complexity index is 637. The van der Waals surface area contributed by atoms with Crippen LogP contribution in [0.15, 0.2) is 30.3 Å². The quantitative estimate of drug-likeness (QED) is 0.869. The van der Waals surface area contributed by atoms with Crippen LogP contribution in [-0.2, 0) is 0 Å². The minimum absolute atomic E-state index is 0.0650. The highest BCUT2D eigenvalue weighted by atomic mass is 35.5. The second kappa shape index (κ2) is 5.80. The number of nitrogens with one attached hydrogen (secondary N) is 1. The van der Waals surface area contributed by atoms with E-state index < -0.39 is 0 Å². The number of carbonyl (C=O) groups excluding carboxylic acids is 1. The second-order valence-corrected chi connectivity index (χ2v) is 5.74. The lowest BCUT2D eigenvalue weighted by atomic mass is 9.83. The van der Waals surface area contributed by atoms with Crippen molar-refractivity contribution in [3.63, 3.8) is 0 Å². The molecule has 1 aliphatic carbocycles. The first-order valence-electron chi connectivity index (χ1n) is 7.07. The number of rotatable bonds is 4. The summed E-state index contributed by atoms with van der Waals surface area (Å²) in [7, 11) is 0. The number of amides is 1. The molecule has 3 rings (SSSR count). The summed E-state index contributed by atoms with van der Waals surface area (Å²) in [6.07, 6.45) is 5.02. The maximum absolute atomic E-state index is 12.3. The van der Waals surface area contributed by atoms with Crippen molar-refractivity contribution in [1.29, 1.82) is 0 Å². The fourth-order valence-corrected chi connectivity index (χ4v) is 2.80. The Hall–Kier alpha value is -1.61. The first-order chi connectivity index (χ1) is 9.74. The van der Waals surface area contributed by atoms with Gasteiger partial charge in [-0.2, -0.15) is 0 Å². The summed E-state index contributed by atoms with van der Waals surface area (Å²) in [4.78, 5) is 16.5. The Kier molecular flexibility index (Phi) is 3.88. The Morgan fingerprint density at radius 1 is 1.35 bits per heavy atom. The van der Waals surface area contributed by atoms with Crippen LogP contribution < -0.4 is 5.32 Å². The average molecular weight is 289 g/mol. The van der Waals surface area contributed by atoms with Gasteiger partial charge in [-0.05, 0) is 24.5 Å². The normalized spacial score (nSPS) is 15.1. The lowest BCUT2D eigenvalue weighted by Crippen LogP contribution is -2.27. The number of halogens is 1. The molecular weight excluding hydrogens is 272 g/mol. The summed E-state index contributed by atoms with van der Waals surface area (Å²) in [6, 6.07) is 9.21. The third kappa shape index (κ3) is 2.78. The van der Waals surface area contributed by atoms with Gasteiger partial charge in [0.25, 0.3) is 5.91 Å². The first-order valence-corrected chi connectivity index (χ1v) is 7.45. The van der Waals surface area contributed by atoms with Crippen LogP contribution in [0.4, 0.5) is 0 Å². The zero-order chi connectivity index (χ0) is 13.9. The fourth-order valence-electron chi connectivity index (χ4n) is 2.60. The molecule has 104 valence electrons. The molecule has 1 aromatic carbocycles. The summed E-state index contributed by atoms with van der Waals surface area (Å²) < 4.78 is 0. The van der Waals surface area contributed by atoms with Crippen LogP contribution in [0.3, 0.4) is 0 Å². The number of aromatic nitrogens is 1. The van der Waals surface area contributed by atoms with Crippen molar-refractivity contribution in [2.75, 3.05) is 6.54 Å². The molecular formula is C16H17ClN2O. The number of hydrogen-bond donors (Lipinski definition) is 1. The Morgan fingerprint density at radius 3 is 2.90 bits per heavy atom. The highest BCUT2D eigenvalue weighted by Gasteiger charge is 2.17. The summed E-state index contributed by atoms with van der Waals surface area (Å²) in [5, 5.41) is 4.19. The number of benzene rings is 1. The molecule has 1 amide bonds. The smallest absolute Gasteiger partial charge is 0.252 e. The summed E-state index contributed by atoms with van der Waals surface area (Å²) in [6.45, 7) is 0.734. The molecule has 4 heteroatoms. The number of para-hydroxylation sites is 1. The van der Waals surface area contributed by atoms with E-state index in [-0.39, 0.29) is 5.91 Å². The predicted molar refractivity (Wildman–Crippen MR) is 81.0 cm³/mol. The minimum Gasteiger partial charge on any atom is -0.352 e. The molecule has 2 aromatic rings. The van der Waals surface area contributed by atoms with Gasteiger partial charge in [-0.15, -0.1) is 0 Å². The summed E-state index contributed by atoms with van der Waals surface area (Å²) in [5.74, 6) is 0.734. The van der Waals surface area contributed by atoms with Gasteiger partial charge in [-0.25, -0.2) is 4.98 Å². The molecule has 0 aliphatic heterocycles. The number of hydrogen-bond acceptors (Lipinski definition) is 2. The molecule has 1 N–H and O–H groups in total. The van der Waals surface area contributed by atoms with E-state index >= 15 is 0 Å².